The number of carbonyl (C=O) groups is 1. The summed E-state index contributed by atoms with van der Waals surface area (Å²) in [7, 11) is 3.57. The number of ether oxygens (including phenoxy) is 2. The lowest BCUT2D eigenvalue weighted by molar-refractivity contribution is -0.0139. The number of benzene rings is 2. The van der Waals surface area contributed by atoms with Gasteiger partial charge >= 0.3 is 0 Å². The Kier molecular flexibility index (Phi) is 7.18. The molecule has 0 aliphatic heterocycles. The number of methoxy groups -OCH3 is 1. The largest absolute Gasteiger partial charge is 0.382 e. The number of thiazole rings is 1. The average Bonchev–Trinajstić information content (AvgIpc) is 3.31. The van der Waals surface area contributed by atoms with Crippen LogP contribution in [0.5, 0.6) is 0 Å². The predicted octanol–water partition coefficient (Wildman–Crippen LogP) is 5.72. The van der Waals surface area contributed by atoms with Gasteiger partial charge in [-0.15, -0.1) is 11.3 Å². The van der Waals surface area contributed by atoms with E-state index in [1.807, 2.05) is 56.0 Å². The van der Waals surface area contributed by atoms with Crippen LogP contribution < -0.4 is 5.32 Å². The number of carbonyl (C=O) groups excluding carboxylic acids is 1. The SMILES string of the molecule is COC[C@@H](OCc1cscn1)c1ccc(C(=O)NC2(c3cc(-c4cnn(C)c4)cc4ncccc34)CC2)c(C)c1. The van der Waals surface area contributed by atoms with Crippen molar-refractivity contribution in [2.75, 3.05) is 13.7 Å². The Bertz CT molecular complexity index is 1660. The van der Waals surface area contributed by atoms with Crippen LogP contribution in [0, 0.1) is 6.92 Å². The summed E-state index contributed by atoms with van der Waals surface area (Å²) in [6.07, 6.45) is 7.14. The second-order valence-electron chi connectivity index (χ2n) is 10.3. The Hall–Kier alpha value is -3.92. The van der Waals surface area contributed by atoms with E-state index in [4.69, 9.17) is 9.47 Å². The number of nitrogens with zero attached hydrogens (tertiary/aromatic N) is 4. The molecular weight excluding hydrogens is 522 g/mol. The molecule has 1 N–H and O–H groups in total. The van der Waals surface area contributed by atoms with E-state index in [1.165, 1.54) is 0 Å². The van der Waals surface area contributed by atoms with Gasteiger partial charge in [-0.2, -0.15) is 5.10 Å². The van der Waals surface area contributed by atoms with E-state index >= 15 is 0 Å². The van der Waals surface area contributed by atoms with Crippen LogP contribution in [0.1, 0.15) is 51.7 Å². The van der Waals surface area contributed by atoms with Gasteiger partial charge in [0, 0.05) is 48.4 Å². The molecule has 9 heteroatoms. The third-order valence-corrected chi connectivity index (χ3v) is 8.11. The molecule has 8 nitrogen and oxygen atoms in total. The van der Waals surface area contributed by atoms with E-state index in [0.717, 1.165) is 57.3 Å². The minimum absolute atomic E-state index is 0.0861. The first-order valence-corrected chi connectivity index (χ1v) is 14.2. The van der Waals surface area contributed by atoms with Crippen LogP contribution >= 0.6 is 11.3 Å². The number of nitrogens with one attached hydrogen (secondary N) is 1. The molecule has 1 aliphatic rings. The number of aryl methyl sites for hydroxylation is 2. The monoisotopic (exact) mass is 553 g/mol. The third kappa shape index (κ3) is 5.28. The fourth-order valence-corrected chi connectivity index (χ4v) is 5.76. The molecule has 0 saturated heterocycles. The van der Waals surface area contributed by atoms with Gasteiger partial charge in [0.15, 0.2) is 0 Å². The quantitative estimate of drug-likeness (QED) is 0.238. The number of pyridine rings is 1. The van der Waals surface area contributed by atoms with Crippen molar-refractivity contribution in [2.24, 2.45) is 7.05 Å². The predicted molar refractivity (Wildman–Crippen MR) is 155 cm³/mol. The van der Waals surface area contributed by atoms with Crippen molar-refractivity contribution in [1.29, 1.82) is 0 Å². The molecule has 1 saturated carbocycles. The van der Waals surface area contributed by atoms with Crippen molar-refractivity contribution >= 4 is 28.1 Å². The highest BCUT2D eigenvalue weighted by atomic mass is 32.1. The van der Waals surface area contributed by atoms with Crippen LogP contribution in [-0.2, 0) is 28.7 Å². The molecule has 2 aromatic carbocycles. The maximum atomic E-state index is 13.7. The van der Waals surface area contributed by atoms with Crippen LogP contribution in [0.3, 0.4) is 0 Å². The fraction of sp³-hybridized carbons (Fsp3) is 0.290. The van der Waals surface area contributed by atoms with Gasteiger partial charge in [0.25, 0.3) is 5.91 Å². The molecule has 0 unspecified atom stereocenters. The number of hydrogen-bond acceptors (Lipinski definition) is 7. The molecule has 1 fully saturated rings. The molecule has 1 amide bonds. The fourth-order valence-electron chi connectivity index (χ4n) is 5.22. The number of fused-ring (bicyclic) bond motifs is 1. The molecule has 3 aromatic heterocycles. The van der Waals surface area contributed by atoms with Gasteiger partial charge in [0.1, 0.15) is 6.10 Å². The van der Waals surface area contributed by atoms with Crippen LogP contribution in [0.25, 0.3) is 22.0 Å². The zero-order valence-corrected chi connectivity index (χ0v) is 23.6. The first-order valence-electron chi connectivity index (χ1n) is 13.2. The highest BCUT2D eigenvalue weighted by Gasteiger charge is 2.47. The van der Waals surface area contributed by atoms with Gasteiger partial charge in [-0.1, -0.05) is 18.2 Å². The lowest BCUT2D eigenvalue weighted by Gasteiger charge is -2.22. The second-order valence-corrected chi connectivity index (χ2v) is 11.1. The minimum atomic E-state index is -0.434. The summed E-state index contributed by atoms with van der Waals surface area (Å²) in [6, 6.07) is 14.2. The van der Waals surface area contributed by atoms with E-state index in [0.29, 0.717) is 18.8 Å². The molecule has 5 aromatic rings. The number of amides is 1. The molecule has 0 bridgehead atoms. The molecule has 0 radical (unpaired) electrons. The molecule has 1 aliphatic carbocycles. The van der Waals surface area contributed by atoms with Crippen LogP contribution in [0.2, 0.25) is 0 Å². The Morgan fingerprint density at radius 2 is 2.05 bits per heavy atom. The first kappa shape index (κ1) is 26.3. The Balaban J connectivity index is 1.26. The number of rotatable bonds is 10. The second kappa shape index (κ2) is 10.9. The van der Waals surface area contributed by atoms with Crippen molar-refractivity contribution in [3.05, 3.63) is 99.9 Å². The van der Waals surface area contributed by atoms with Gasteiger partial charge in [-0.05, 0) is 66.3 Å². The zero-order valence-electron chi connectivity index (χ0n) is 22.8. The zero-order chi connectivity index (χ0) is 27.7. The topological polar surface area (TPSA) is 91.2 Å². The molecule has 0 spiro atoms. The third-order valence-electron chi connectivity index (χ3n) is 7.48. The lowest BCUT2D eigenvalue weighted by atomic mass is 9.94. The maximum absolute atomic E-state index is 13.7. The first-order chi connectivity index (χ1) is 19.5. The van der Waals surface area contributed by atoms with Crippen molar-refractivity contribution in [2.45, 2.75) is 38.0 Å². The summed E-state index contributed by atoms with van der Waals surface area (Å²) in [5.74, 6) is -0.0861. The smallest absolute Gasteiger partial charge is 0.252 e. The molecule has 1 atom stereocenters. The summed E-state index contributed by atoms with van der Waals surface area (Å²) in [5, 5.41) is 10.8. The van der Waals surface area contributed by atoms with Gasteiger partial charge < -0.3 is 14.8 Å². The van der Waals surface area contributed by atoms with Crippen LogP contribution in [0.4, 0.5) is 0 Å². The normalized spacial score (nSPS) is 14.8. The summed E-state index contributed by atoms with van der Waals surface area (Å²) >= 11 is 1.54. The summed E-state index contributed by atoms with van der Waals surface area (Å²) < 4.78 is 13.3. The molecule has 204 valence electrons. The van der Waals surface area contributed by atoms with E-state index in [9.17, 15) is 4.79 Å². The number of aromatic nitrogens is 4. The van der Waals surface area contributed by atoms with E-state index in [2.05, 4.69) is 38.6 Å². The molecular formula is C31H31N5O3S. The minimum Gasteiger partial charge on any atom is -0.382 e. The highest BCUT2D eigenvalue weighted by Crippen LogP contribution is 2.49. The Labute approximate surface area is 237 Å². The number of hydrogen-bond donors (Lipinski definition) is 1. The summed E-state index contributed by atoms with van der Waals surface area (Å²) in [4.78, 5) is 22.6. The van der Waals surface area contributed by atoms with Gasteiger partial charge in [-0.25, -0.2) is 4.98 Å². The summed E-state index contributed by atoms with van der Waals surface area (Å²) in [6.45, 7) is 2.78. The van der Waals surface area contributed by atoms with Gasteiger partial charge in [-0.3, -0.25) is 14.5 Å². The molecule has 3 heterocycles. The Morgan fingerprint density at radius 1 is 1.18 bits per heavy atom. The van der Waals surface area contributed by atoms with E-state index < -0.39 is 5.54 Å². The van der Waals surface area contributed by atoms with E-state index in [1.54, 1.807) is 34.8 Å². The standard InChI is InChI=1S/C31H31N5O3S/c1-20-11-21(29(17-38-3)39-16-24-18-40-19-33-24)6-7-25(20)30(37)35-31(8-9-31)27-12-22(23-14-34-36(2)15-23)13-28-26(27)5-4-10-32-28/h4-7,10-15,18-19,29H,8-9,16-17H2,1-3H3,(H,35,37)/t29-/m1/s1. The Morgan fingerprint density at radius 3 is 2.75 bits per heavy atom. The van der Waals surface area contributed by atoms with Crippen molar-refractivity contribution in [3.63, 3.8) is 0 Å². The molecule has 40 heavy (non-hydrogen) atoms. The highest BCUT2D eigenvalue weighted by molar-refractivity contribution is 7.07. The van der Waals surface area contributed by atoms with Crippen molar-refractivity contribution < 1.29 is 14.3 Å². The summed E-state index contributed by atoms with van der Waals surface area (Å²) in [5.41, 5.74) is 8.81. The van der Waals surface area contributed by atoms with Crippen LogP contribution in [-0.4, -0.2) is 39.4 Å². The molecule has 6 rings (SSSR count). The maximum Gasteiger partial charge on any atom is 0.252 e. The van der Waals surface area contributed by atoms with Crippen molar-refractivity contribution in [3.8, 4) is 11.1 Å². The van der Waals surface area contributed by atoms with Crippen LogP contribution in [0.15, 0.2) is 71.9 Å². The lowest BCUT2D eigenvalue weighted by Crippen LogP contribution is -2.35. The van der Waals surface area contributed by atoms with Crippen molar-refractivity contribution in [1.82, 2.24) is 25.1 Å². The average molecular weight is 554 g/mol. The van der Waals surface area contributed by atoms with Gasteiger partial charge in [0.2, 0.25) is 0 Å². The van der Waals surface area contributed by atoms with Gasteiger partial charge in [0.05, 0.1) is 41.7 Å². The van der Waals surface area contributed by atoms with E-state index in [-0.39, 0.29) is 12.0 Å².